The molecule has 0 aromatic heterocycles. The van der Waals surface area contributed by atoms with Crippen molar-refractivity contribution < 1.29 is 9.47 Å². The molecule has 0 aliphatic rings. The van der Waals surface area contributed by atoms with Gasteiger partial charge in [-0.25, -0.2) is 0 Å². The van der Waals surface area contributed by atoms with Crippen LogP contribution in [0.15, 0.2) is 35.3 Å². The Bertz CT molecular complexity index is 269. The Morgan fingerprint density at radius 1 is 1.12 bits per heavy atom. The lowest BCUT2D eigenvalue weighted by molar-refractivity contribution is -0.0936. The van der Waals surface area contributed by atoms with E-state index in [1.165, 1.54) is 0 Å². The lowest BCUT2D eigenvalue weighted by Crippen LogP contribution is -2.16. The summed E-state index contributed by atoms with van der Waals surface area (Å²) >= 11 is 0. The Kier molecular flexibility index (Phi) is 9.56. The van der Waals surface area contributed by atoms with Gasteiger partial charge in [-0.15, -0.1) is 0 Å². The zero-order valence-corrected chi connectivity index (χ0v) is 10.5. The second kappa shape index (κ2) is 10.3. The number of hydrogen-bond acceptors (Lipinski definition) is 3. The van der Waals surface area contributed by atoms with E-state index < -0.39 is 0 Å². The van der Waals surface area contributed by atoms with Crippen LogP contribution in [0.2, 0.25) is 0 Å². The molecule has 0 saturated heterocycles. The number of ether oxygens (including phenoxy) is 2. The van der Waals surface area contributed by atoms with Crippen molar-refractivity contribution in [3.63, 3.8) is 0 Å². The van der Waals surface area contributed by atoms with Crippen LogP contribution in [0, 0.1) is 0 Å². The van der Waals surface area contributed by atoms with E-state index in [1.54, 1.807) is 14.2 Å². The molecule has 3 heteroatoms. The number of benzene rings is 1. The summed E-state index contributed by atoms with van der Waals surface area (Å²) in [6.07, 6.45) is 1.56. The minimum absolute atomic E-state index is 0.255. The Balaban J connectivity index is 0.00000106. The maximum Gasteiger partial charge on any atom is 0.176 e. The van der Waals surface area contributed by atoms with E-state index >= 15 is 0 Å². The molecule has 0 aliphatic heterocycles. The molecular formula is C13H21NO2. The van der Waals surface area contributed by atoms with Gasteiger partial charge in [0.05, 0.1) is 6.54 Å². The van der Waals surface area contributed by atoms with Crippen molar-refractivity contribution in [3.8, 4) is 0 Å². The third kappa shape index (κ3) is 6.32. The van der Waals surface area contributed by atoms with Gasteiger partial charge in [0.1, 0.15) is 0 Å². The van der Waals surface area contributed by atoms with Crippen molar-refractivity contribution in [1.82, 2.24) is 0 Å². The molecule has 0 atom stereocenters. The zero-order chi connectivity index (χ0) is 12.2. The Hall–Kier alpha value is -1.19. The van der Waals surface area contributed by atoms with Crippen LogP contribution in [-0.2, 0) is 9.47 Å². The lowest BCUT2D eigenvalue weighted by atomic mass is 10.2. The molecule has 0 amide bonds. The third-order valence-electron chi connectivity index (χ3n) is 1.82. The van der Waals surface area contributed by atoms with Gasteiger partial charge < -0.3 is 9.47 Å². The molecule has 90 valence electrons. The molecular weight excluding hydrogens is 202 g/mol. The Morgan fingerprint density at radius 3 is 2.19 bits per heavy atom. The topological polar surface area (TPSA) is 30.8 Å². The normalized spacial score (nSPS) is 10.3. The summed E-state index contributed by atoms with van der Waals surface area (Å²) in [6.45, 7) is 4.52. The van der Waals surface area contributed by atoms with Crippen LogP contribution in [0.1, 0.15) is 19.4 Å². The number of methoxy groups -OCH3 is 2. The fourth-order valence-electron chi connectivity index (χ4n) is 1.03. The zero-order valence-electron chi connectivity index (χ0n) is 10.5. The molecule has 1 rings (SSSR count). The molecule has 0 N–H and O–H groups in total. The SMILES string of the molecule is CC.COC(CN=Cc1ccccc1)OC. The summed E-state index contributed by atoms with van der Waals surface area (Å²) in [4.78, 5) is 4.21. The van der Waals surface area contributed by atoms with E-state index in [1.807, 2.05) is 50.4 Å². The summed E-state index contributed by atoms with van der Waals surface area (Å²) in [5.74, 6) is 0. The molecule has 1 aromatic rings. The molecule has 0 saturated carbocycles. The highest BCUT2D eigenvalue weighted by Crippen LogP contribution is 1.95. The van der Waals surface area contributed by atoms with Crippen LogP contribution < -0.4 is 0 Å². The van der Waals surface area contributed by atoms with Crippen molar-refractivity contribution >= 4 is 6.21 Å². The molecule has 0 spiro atoms. The van der Waals surface area contributed by atoms with Crippen molar-refractivity contribution in [2.24, 2.45) is 4.99 Å². The fraction of sp³-hybridized carbons (Fsp3) is 0.462. The molecule has 0 fully saturated rings. The molecule has 1 aromatic carbocycles. The molecule has 0 unspecified atom stereocenters. The summed E-state index contributed by atoms with van der Waals surface area (Å²) in [7, 11) is 3.21. The van der Waals surface area contributed by atoms with Gasteiger partial charge in [0.25, 0.3) is 0 Å². The standard InChI is InChI=1S/C11H15NO2.C2H6/c1-13-11(14-2)9-12-8-10-6-4-3-5-7-10;1-2/h3-8,11H,9H2,1-2H3;1-2H3. The molecule has 16 heavy (non-hydrogen) atoms. The van der Waals surface area contributed by atoms with E-state index in [9.17, 15) is 0 Å². The molecule has 0 aliphatic carbocycles. The monoisotopic (exact) mass is 223 g/mol. The summed E-state index contributed by atoms with van der Waals surface area (Å²) < 4.78 is 10.0. The molecule has 0 heterocycles. The summed E-state index contributed by atoms with van der Waals surface area (Å²) in [6, 6.07) is 9.93. The molecule has 0 bridgehead atoms. The van der Waals surface area contributed by atoms with Gasteiger partial charge in [0.2, 0.25) is 0 Å². The molecule has 0 radical (unpaired) electrons. The summed E-state index contributed by atoms with van der Waals surface area (Å²) in [5, 5.41) is 0. The van der Waals surface area contributed by atoms with Crippen LogP contribution in [0.25, 0.3) is 0 Å². The first kappa shape index (κ1) is 14.8. The first-order chi connectivity index (χ1) is 7.86. The van der Waals surface area contributed by atoms with Gasteiger partial charge in [-0.2, -0.15) is 0 Å². The van der Waals surface area contributed by atoms with Gasteiger partial charge in [0.15, 0.2) is 6.29 Å². The van der Waals surface area contributed by atoms with Crippen molar-refractivity contribution in [3.05, 3.63) is 35.9 Å². The second-order valence-corrected chi connectivity index (χ2v) is 2.81. The highest BCUT2D eigenvalue weighted by Gasteiger charge is 2.00. The van der Waals surface area contributed by atoms with Gasteiger partial charge in [0, 0.05) is 20.4 Å². The van der Waals surface area contributed by atoms with Crippen LogP contribution in [0.4, 0.5) is 0 Å². The quantitative estimate of drug-likeness (QED) is 0.567. The van der Waals surface area contributed by atoms with Gasteiger partial charge in [-0.1, -0.05) is 44.2 Å². The highest BCUT2D eigenvalue weighted by atomic mass is 16.7. The second-order valence-electron chi connectivity index (χ2n) is 2.81. The van der Waals surface area contributed by atoms with Gasteiger partial charge in [-0.3, -0.25) is 4.99 Å². The van der Waals surface area contributed by atoms with E-state index in [4.69, 9.17) is 9.47 Å². The van der Waals surface area contributed by atoms with E-state index in [2.05, 4.69) is 4.99 Å². The van der Waals surface area contributed by atoms with E-state index in [0.717, 1.165) is 5.56 Å². The summed E-state index contributed by atoms with van der Waals surface area (Å²) in [5.41, 5.74) is 1.08. The van der Waals surface area contributed by atoms with Crippen molar-refractivity contribution in [2.75, 3.05) is 20.8 Å². The number of aliphatic imine (C=N–C) groups is 1. The van der Waals surface area contributed by atoms with Gasteiger partial charge in [-0.05, 0) is 5.56 Å². The van der Waals surface area contributed by atoms with Gasteiger partial charge >= 0.3 is 0 Å². The number of nitrogens with zero attached hydrogens (tertiary/aromatic N) is 1. The highest BCUT2D eigenvalue weighted by molar-refractivity contribution is 5.79. The van der Waals surface area contributed by atoms with E-state index in [-0.39, 0.29) is 6.29 Å². The lowest BCUT2D eigenvalue weighted by Gasteiger charge is -2.09. The fourth-order valence-corrected chi connectivity index (χ4v) is 1.03. The largest absolute Gasteiger partial charge is 0.354 e. The molecule has 3 nitrogen and oxygen atoms in total. The predicted molar refractivity (Wildman–Crippen MR) is 68.1 cm³/mol. The van der Waals surface area contributed by atoms with Crippen LogP contribution in [-0.4, -0.2) is 33.3 Å². The minimum atomic E-state index is -0.255. The maximum atomic E-state index is 5.00. The number of hydrogen-bond donors (Lipinski definition) is 0. The average Bonchev–Trinajstić information content (AvgIpc) is 2.38. The van der Waals surface area contributed by atoms with E-state index in [0.29, 0.717) is 6.54 Å². The predicted octanol–water partition coefficient (Wildman–Crippen LogP) is 2.75. The first-order valence-corrected chi connectivity index (χ1v) is 5.47. The van der Waals surface area contributed by atoms with Crippen molar-refractivity contribution in [1.29, 1.82) is 0 Å². The third-order valence-corrected chi connectivity index (χ3v) is 1.82. The smallest absolute Gasteiger partial charge is 0.176 e. The average molecular weight is 223 g/mol. The Labute approximate surface area is 98.1 Å². The first-order valence-electron chi connectivity index (χ1n) is 5.47. The minimum Gasteiger partial charge on any atom is -0.354 e. The van der Waals surface area contributed by atoms with Crippen LogP contribution in [0.3, 0.4) is 0 Å². The van der Waals surface area contributed by atoms with Crippen LogP contribution in [0.5, 0.6) is 0 Å². The van der Waals surface area contributed by atoms with Crippen molar-refractivity contribution in [2.45, 2.75) is 20.1 Å². The Morgan fingerprint density at radius 2 is 1.69 bits per heavy atom. The maximum absolute atomic E-state index is 5.00. The number of rotatable bonds is 5. The van der Waals surface area contributed by atoms with Crippen LogP contribution >= 0.6 is 0 Å².